The number of hydrogen-bond acceptors (Lipinski definition) is 7. The van der Waals surface area contributed by atoms with Crippen molar-refractivity contribution in [3.05, 3.63) is 81.7 Å². The Kier molecular flexibility index (Phi) is 6.96. The summed E-state index contributed by atoms with van der Waals surface area (Å²) in [6, 6.07) is 5.71. The fourth-order valence-electron chi connectivity index (χ4n) is 3.03. The lowest BCUT2D eigenvalue weighted by Gasteiger charge is -2.31. The van der Waals surface area contributed by atoms with Crippen LogP contribution in [0.3, 0.4) is 0 Å². The summed E-state index contributed by atoms with van der Waals surface area (Å²) in [7, 11) is 0. The number of carboxylic acids is 1. The first kappa shape index (κ1) is 25.0. The summed E-state index contributed by atoms with van der Waals surface area (Å²) >= 11 is 35.7. The predicted molar refractivity (Wildman–Crippen MR) is 119 cm³/mol. The Balaban J connectivity index is 2.39. The summed E-state index contributed by atoms with van der Waals surface area (Å²) in [5.41, 5.74) is -1.81. The summed E-state index contributed by atoms with van der Waals surface area (Å²) in [5, 5.41) is 23.1. The van der Waals surface area contributed by atoms with Crippen LogP contribution in [0.2, 0.25) is 0 Å². The Bertz CT molecular complexity index is 1100. The number of allylic oxidation sites excluding steroid dienone is 2. The molecule has 0 spiro atoms. The second kappa shape index (κ2) is 8.93. The molecule has 0 saturated carbocycles. The highest BCUT2D eigenvalue weighted by Crippen LogP contribution is 2.45. The van der Waals surface area contributed by atoms with Crippen LogP contribution in [0.25, 0.3) is 0 Å². The molecule has 0 amide bonds. The molecule has 168 valence electrons. The molecule has 0 atom stereocenters. The third-order valence-electron chi connectivity index (χ3n) is 4.46. The molecule has 0 radical (unpaired) electrons. The van der Waals surface area contributed by atoms with Gasteiger partial charge in [-0.15, -0.1) is 0 Å². The summed E-state index contributed by atoms with van der Waals surface area (Å²) in [4.78, 5) is 34.7. The number of benzene rings is 1. The number of alkyl halides is 6. The van der Waals surface area contributed by atoms with Gasteiger partial charge in [0.05, 0.1) is 21.9 Å². The molecule has 0 aliphatic heterocycles. The van der Waals surface area contributed by atoms with Gasteiger partial charge in [-0.1, -0.05) is 112 Å². The number of nitro benzene ring substituents is 1. The molecule has 2 aromatic rings. The average molecular weight is 558 g/mol. The van der Waals surface area contributed by atoms with Gasteiger partial charge in [-0.3, -0.25) is 10.1 Å². The SMILES string of the molecule is O=C([O-])C1C=CC(c2nc(C(Cl)(Cl)Cl)nc(C(Cl)(Cl)Cl)n2)(c2ccccc2[N+](=O)[O-])C=C1. The van der Waals surface area contributed by atoms with Gasteiger partial charge in [-0.2, -0.15) is 0 Å². The largest absolute Gasteiger partial charge is 0.549 e. The van der Waals surface area contributed by atoms with E-state index in [1.165, 1.54) is 42.5 Å². The molecule has 1 aromatic heterocycles. The third-order valence-corrected chi connectivity index (χ3v) is 5.48. The highest BCUT2D eigenvalue weighted by Gasteiger charge is 2.43. The van der Waals surface area contributed by atoms with E-state index in [-0.39, 0.29) is 17.1 Å². The molecule has 8 nitrogen and oxygen atoms in total. The maximum atomic E-state index is 11.7. The Morgan fingerprint density at radius 1 is 0.938 bits per heavy atom. The van der Waals surface area contributed by atoms with Crippen molar-refractivity contribution in [3.8, 4) is 0 Å². The van der Waals surface area contributed by atoms with E-state index in [1.807, 2.05) is 0 Å². The fraction of sp³-hybridized carbons (Fsp3) is 0.222. The van der Waals surface area contributed by atoms with Crippen molar-refractivity contribution in [1.82, 2.24) is 15.0 Å². The molecular formula is C18H9Cl6N4O4-. The van der Waals surface area contributed by atoms with Crippen molar-refractivity contribution in [1.29, 1.82) is 0 Å². The zero-order valence-corrected chi connectivity index (χ0v) is 19.9. The van der Waals surface area contributed by atoms with E-state index < -0.39 is 41.5 Å². The summed E-state index contributed by atoms with van der Waals surface area (Å²) in [5.74, 6) is -3.50. The second-order valence-electron chi connectivity index (χ2n) is 6.51. The van der Waals surface area contributed by atoms with Crippen LogP contribution < -0.4 is 5.11 Å². The minimum atomic E-state index is -2.16. The highest BCUT2D eigenvalue weighted by atomic mass is 35.6. The van der Waals surface area contributed by atoms with Crippen molar-refractivity contribution >= 4 is 81.3 Å². The van der Waals surface area contributed by atoms with E-state index >= 15 is 0 Å². The maximum absolute atomic E-state index is 11.7. The first-order valence-corrected chi connectivity index (χ1v) is 10.8. The quantitative estimate of drug-likeness (QED) is 0.239. The minimum Gasteiger partial charge on any atom is -0.549 e. The molecular weight excluding hydrogens is 549 g/mol. The molecule has 1 aliphatic carbocycles. The maximum Gasteiger partial charge on any atom is 0.274 e. The van der Waals surface area contributed by atoms with Gasteiger partial charge in [0, 0.05) is 12.0 Å². The van der Waals surface area contributed by atoms with Crippen LogP contribution in [0, 0.1) is 16.0 Å². The number of rotatable bonds is 4. The van der Waals surface area contributed by atoms with Crippen LogP contribution in [0.15, 0.2) is 48.6 Å². The van der Waals surface area contributed by atoms with Crippen LogP contribution >= 0.6 is 69.6 Å². The summed E-state index contributed by atoms with van der Waals surface area (Å²) in [6.45, 7) is 0. The van der Waals surface area contributed by atoms with Gasteiger partial charge in [0.2, 0.25) is 7.59 Å². The molecule has 14 heteroatoms. The van der Waals surface area contributed by atoms with E-state index in [4.69, 9.17) is 69.6 Å². The van der Waals surface area contributed by atoms with Gasteiger partial charge in [-0.25, -0.2) is 15.0 Å². The number of nitro groups is 1. The molecule has 1 aliphatic rings. The molecule has 0 fully saturated rings. The number of halogens is 6. The number of carbonyl (C=O) groups excluding carboxylic acids is 1. The predicted octanol–water partition coefficient (Wildman–Crippen LogP) is 4.21. The summed E-state index contributed by atoms with van der Waals surface area (Å²) in [6.07, 6.45) is 5.24. The van der Waals surface area contributed by atoms with Gasteiger partial charge in [0.1, 0.15) is 0 Å². The van der Waals surface area contributed by atoms with Crippen molar-refractivity contribution < 1.29 is 14.8 Å². The molecule has 0 saturated heterocycles. The Morgan fingerprint density at radius 2 is 1.44 bits per heavy atom. The molecule has 1 heterocycles. The lowest BCUT2D eigenvalue weighted by Crippen LogP contribution is -2.35. The van der Waals surface area contributed by atoms with E-state index in [0.29, 0.717) is 0 Å². The zero-order chi connectivity index (χ0) is 23.9. The number of aromatic nitrogens is 3. The molecule has 0 unspecified atom stereocenters. The first-order chi connectivity index (χ1) is 14.8. The van der Waals surface area contributed by atoms with E-state index in [9.17, 15) is 20.0 Å². The minimum absolute atomic E-state index is 0.0889. The van der Waals surface area contributed by atoms with Crippen molar-refractivity contribution in [2.24, 2.45) is 5.92 Å². The molecule has 0 bridgehead atoms. The van der Waals surface area contributed by atoms with Crippen LogP contribution in [0.5, 0.6) is 0 Å². The Hall–Kier alpha value is -1.68. The van der Waals surface area contributed by atoms with Crippen LogP contribution in [-0.4, -0.2) is 25.8 Å². The van der Waals surface area contributed by atoms with Crippen LogP contribution in [0.1, 0.15) is 23.0 Å². The third kappa shape index (κ3) is 4.95. The highest BCUT2D eigenvalue weighted by molar-refractivity contribution is 6.67. The number of para-hydroxylation sites is 1. The summed E-state index contributed by atoms with van der Waals surface area (Å²) < 4.78 is -4.33. The number of carbonyl (C=O) groups is 1. The van der Waals surface area contributed by atoms with Crippen molar-refractivity contribution in [2.45, 2.75) is 13.0 Å². The number of aliphatic carboxylic acids is 1. The van der Waals surface area contributed by atoms with E-state index in [2.05, 4.69) is 15.0 Å². The van der Waals surface area contributed by atoms with Gasteiger partial charge < -0.3 is 9.90 Å². The normalized spacial score (nSPS) is 20.9. The molecule has 0 N–H and O–H groups in total. The van der Waals surface area contributed by atoms with Gasteiger partial charge in [0.25, 0.3) is 5.69 Å². The topological polar surface area (TPSA) is 122 Å². The Morgan fingerprint density at radius 3 is 1.88 bits per heavy atom. The standard InChI is InChI=1S/C18H10Cl6N4O4/c19-17(20,21)14-25-13(26-15(27-14)18(22,23)24)16(7-5-9(6-8-16)12(29)30)10-3-1-2-4-11(10)28(31)32/h1-9H,(H,29,30)/p-1. The van der Waals surface area contributed by atoms with Gasteiger partial charge in [-0.05, 0) is 0 Å². The second-order valence-corrected chi connectivity index (χ2v) is 11.1. The molecule has 3 rings (SSSR count). The molecule has 1 aromatic carbocycles. The van der Waals surface area contributed by atoms with E-state index in [0.717, 1.165) is 0 Å². The monoisotopic (exact) mass is 555 g/mol. The molecule has 32 heavy (non-hydrogen) atoms. The smallest absolute Gasteiger partial charge is 0.274 e. The first-order valence-electron chi connectivity index (χ1n) is 8.50. The zero-order valence-electron chi connectivity index (χ0n) is 15.4. The fourth-order valence-corrected chi connectivity index (χ4v) is 3.54. The van der Waals surface area contributed by atoms with Crippen LogP contribution in [-0.2, 0) is 17.8 Å². The van der Waals surface area contributed by atoms with Crippen molar-refractivity contribution in [2.75, 3.05) is 0 Å². The average Bonchev–Trinajstić information content (AvgIpc) is 2.72. The van der Waals surface area contributed by atoms with Gasteiger partial charge in [0.15, 0.2) is 17.5 Å². The number of nitrogens with zero attached hydrogens (tertiary/aromatic N) is 4. The lowest BCUT2D eigenvalue weighted by molar-refractivity contribution is -0.385. The van der Waals surface area contributed by atoms with Gasteiger partial charge >= 0.3 is 0 Å². The lowest BCUT2D eigenvalue weighted by atomic mass is 9.74. The van der Waals surface area contributed by atoms with E-state index in [1.54, 1.807) is 6.07 Å². The van der Waals surface area contributed by atoms with Crippen LogP contribution in [0.4, 0.5) is 5.69 Å². The van der Waals surface area contributed by atoms with Crippen molar-refractivity contribution in [3.63, 3.8) is 0 Å². The Labute approximate surface area is 210 Å². The number of carboxylic acid groups (broad SMARTS) is 1. The number of hydrogen-bond donors (Lipinski definition) is 0.